The van der Waals surface area contributed by atoms with Crippen LogP contribution in [-0.4, -0.2) is 21.7 Å². The number of rotatable bonds is 4. The van der Waals surface area contributed by atoms with E-state index in [9.17, 15) is 0 Å². The average molecular weight is 272 g/mol. The van der Waals surface area contributed by atoms with Crippen molar-refractivity contribution in [1.82, 2.24) is 15.1 Å². The molecule has 106 valence electrons. The smallest absolute Gasteiger partial charge is 0.234 e. The van der Waals surface area contributed by atoms with Crippen LogP contribution in [0.25, 0.3) is 11.5 Å². The number of nitrogens with two attached hydrogens (primary N) is 1. The Bertz CT molecular complexity index is 587. The fourth-order valence-electron chi connectivity index (χ4n) is 3.02. The van der Waals surface area contributed by atoms with Gasteiger partial charge in [-0.05, 0) is 30.9 Å². The molecule has 2 aromatic rings. The Balaban J connectivity index is 1.98. The molecule has 1 aliphatic carbocycles. The zero-order chi connectivity index (χ0) is 14.0. The molecule has 5 nitrogen and oxygen atoms in total. The van der Waals surface area contributed by atoms with Gasteiger partial charge in [0, 0.05) is 12.7 Å². The summed E-state index contributed by atoms with van der Waals surface area (Å²) in [6.45, 7) is 2.66. The third-order valence-corrected chi connectivity index (χ3v) is 4.32. The van der Waals surface area contributed by atoms with Gasteiger partial charge in [-0.15, -0.1) is 0 Å². The maximum absolute atomic E-state index is 5.96. The number of hydrogen-bond donors (Lipinski definition) is 1. The lowest BCUT2D eigenvalue weighted by Gasteiger charge is -2.21. The Hall–Kier alpha value is -1.75. The molecular formula is C15H20N4O. The van der Waals surface area contributed by atoms with Crippen LogP contribution in [0.1, 0.15) is 44.1 Å². The van der Waals surface area contributed by atoms with Crippen molar-refractivity contribution in [3.05, 3.63) is 29.8 Å². The van der Waals surface area contributed by atoms with Crippen molar-refractivity contribution in [1.29, 1.82) is 0 Å². The van der Waals surface area contributed by atoms with Gasteiger partial charge in [-0.25, -0.2) is 0 Å². The molecule has 5 heteroatoms. The average Bonchev–Trinajstić information content (AvgIpc) is 3.16. The minimum atomic E-state index is -0.119. The van der Waals surface area contributed by atoms with Crippen molar-refractivity contribution >= 4 is 0 Å². The SMILES string of the molecule is CCc1cccnc1-c1noc(C2(CN)CCCC2)n1. The molecule has 2 N–H and O–H groups in total. The molecule has 0 aromatic carbocycles. The minimum absolute atomic E-state index is 0.119. The van der Waals surface area contributed by atoms with Crippen LogP contribution in [0.4, 0.5) is 0 Å². The second-order valence-corrected chi connectivity index (χ2v) is 5.48. The molecule has 0 spiro atoms. The van der Waals surface area contributed by atoms with E-state index < -0.39 is 0 Å². The third kappa shape index (κ3) is 2.12. The highest BCUT2D eigenvalue weighted by Crippen LogP contribution is 2.39. The largest absolute Gasteiger partial charge is 0.338 e. The summed E-state index contributed by atoms with van der Waals surface area (Å²) in [7, 11) is 0. The Labute approximate surface area is 118 Å². The monoisotopic (exact) mass is 272 g/mol. The van der Waals surface area contributed by atoms with E-state index in [2.05, 4.69) is 22.0 Å². The standard InChI is InChI=1S/C15H20N4O/c1-2-11-6-5-9-17-12(11)13-18-14(20-19-13)15(10-16)7-3-4-8-15/h5-6,9H,2-4,7-8,10,16H2,1H3. The van der Waals surface area contributed by atoms with Crippen LogP contribution in [0.5, 0.6) is 0 Å². The van der Waals surface area contributed by atoms with E-state index in [1.807, 2.05) is 12.1 Å². The maximum Gasteiger partial charge on any atom is 0.234 e. The summed E-state index contributed by atoms with van der Waals surface area (Å²) in [5.41, 5.74) is 7.79. The van der Waals surface area contributed by atoms with Gasteiger partial charge in [-0.3, -0.25) is 4.98 Å². The van der Waals surface area contributed by atoms with Gasteiger partial charge in [-0.1, -0.05) is 31.0 Å². The Morgan fingerprint density at radius 2 is 2.15 bits per heavy atom. The lowest BCUT2D eigenvalue weighted by molar-refractivity contribution is 0.284. The number of hydrogen-bond acceptors (Lipinski definition) is 5. The van der Waals surface area contributed by atoms with E-state index in [0.717, 1.165) is 30.5 Å². The predicted octanol–water partition coefficient (Wildman–Crippen LogP) is 2.46. The molecule has 2 aromatic heterocycles. The molecule has 2 heterocycles. The first-order valence-electron chi connectivity index (χ1n) is 7.27. The van der Waals surface area contributed by atoms with Gasteiger partial charge in [0.05, 0.1) is 5.41 Å². The Kier molecular flexibility index (Phi) is 3.53. The normalized spacial score (nSPS) is 17.5. The molecule has 3 rings (SSSR count). The van der Waals surface area contributed by atoms with Crippen LogP contribution in [-0.2, 0) is 11.8 Å². The summed E-state index contributed by atoms with van der Waals surface area (Å²) in [5.74, 6) is 1.26. The molecule has 0 aliphatic heterocycles. The van der Waals surface area contributed by atoms with Gasteiger partial charge in [0.1, 0.15) is 5.69 Å². The predicted molar refractivity (Wildman–Crippen MR) is 76.1 cm³/mol. The lowest BCUT2D eigenvalue weighted by Crippen LogP contribution is -2.32. The zero-order valence-electron chi connectivity index (χ0n) is 11.8. The van der Waals surface area contributed by atoms with Crippen LogP contribution in [0, 0.1) is 0 Å². The molecule has 0 bridgehead atoms. The molecule has 20 heavy (non-hydrogen) atoms. The van der Waals surface area contributed by atoms with Crippen LogP contribution in [0.15, 0.2) is 22.9 Å². The van der Waals surface area contributed by atoms with E-state index in [1.54, 1.807) is 6.20 Å². The van der Waals surface area contributed by atoms with E-state index in [1.165, 1.54) is 12.8 Å². The van der Waals surface area contributed by atoms with Crippen LogP contribution in [0.3, 0.4) is 0 Å². The number of aromatic nitrogens is 3. The van der Waals surface area contributed by atoms with Gasteiger partial charge >= 0.3 is 0 Å². The Morgan fingerprint density at radius 1 is 1.35 bits per heavy atom. The summed E-state index contributed by atoms with van der Waals surface area (Å²) < 4.78 is 5.52. The highest BCUT2D eigenvalue weighted by atomic mass is 16.5. The lowest BCUT2D eigenvalue weighted by atomic mass is 9.86. The number of nitrogens with zero attached hydrogens (tertiary/aromatic N) is 3. The van der Waals surface area contributed by atoms with Crippen molar-refractivity contribution in [2.45, 2.75) is 44.4 Å². The van der Waals surface area contributed by atoms with E-state index in [0.29, 0.717) is 18.3 Å². The summed E-state index contributed by atoms with van der Waals surface area (Å²) in [5, 5.41) is 4.13. The highest BCUT2D eigenvalue weighted by Gasteiger charge is 2.39. The van der Waals surface area contributed by atoms with Crippen molar-refractivity contribution in [3.8, 4) is 11.5 Å². The summed E-state index contributed by atoms with van der Waals surface area (Å²) in [6.07, 6.45) is 7.09. The molecule has 0 amide bonds. The van der Waals surface area contributed by atoms with E-state index in [4.69, 9.17) is 10.3 Å². The van der Waals surface area contributed by atoms with Crippen molar-refractivity contribution < 1.29 is 4.52 Å². The maximum atomic E-state index is 5.96. The van der Waals surface area contributed by atoms with Crippen LogP contribution < -0.4 is 5.73 Å². The fourth-order valence-corrected chi connectivity index (χ4v) is 3.02. The van der Waals surface area contributed by atoms with Gasteiger partial charge in [0.2, 0.25) is 11.7 Å². The summed E-state index contributed by atoms with van der Waals surface area (Å²) in [4.78, 5) is 8.99. The first kappa shape index (κ1) is 13.2. The molecule has 1 fully saturated rings. The fraction of sp³-hybridized carbons (Fsp3) is 0.533. The van der Waals surface area contributed by atoms with Gasteiger partial charge in [0.15, 0.2) is 0 Å². The Morgan fingerprint density at radius 3 is 2.85 bits per heavy atom. The molecule has 0 unspecified atom stereocenters. The summed E-state index contributed by atoms with van der Waals surface area (Å²) in [6, 6.07) is 3.98. The first-order chi connectivity index (χ1) is 9.79. The van der Waals surface area contributed by atoms with Crippen LogP contribution >= 0.6 is 0 Å². The molecule has 1 saturated carbocycles. The van der Waals surface area contributed by atoms with Crippen LogP contribution in [0.2, 0.25) is 0 Å². The van der Waals surface area contributed by atoms with E-state index >= 15 is 0 Å². The molecular weight excluding hydrogens is 252 g/mol. The highest BCUT2D eigenvalue weighted by molar-refractivity contribution is 5.53. The molecule has 0 atom stereocenters. The topological polar surface area (TPSA) is 77.8 Å². The van der Waals surface area contributed by atoms with Crippen molar-refractivity contribution in [2.24, 2.45) is 5.73 Å². The molecule has 0 radical (unpaired) electrons. The molecule has 0 saturated heterocycles. The number of aryl methyl sites for hydroxylation is 1. The second-order valence-electron chi connectivity index (χ2n) is 5.48. The van der Waals surface area contributed by atoms with Gasteiger partial charge < -0.3 is 10.3 Å². The van der Waals surface area contributed by atoms with Crippen molar-refractivity contribution in [2.75, 3.05) is 6.54 Å². The summed E-state index contributed by atoms with van der Waals surface area (Å²) >= 11 is 0. The van der Waals surface area contributed by atoms with Crippen molar-refractivity contribution in [3.63, 3.8) is 0 Å². The van der Waals surface area contributed by atoms with E-state index in [-0.39, 0.29) is 5.41 Å². The molecule has 1 aliphatic rings. The first-order valence-corrected chi connectivity index (χ1v) is 7.27. The van der Waals surface area contributed by atoms with Gasteiger partial charge in [-0.2, -0.15) is 4.98 Å². The number of pyridine rings is 1. The quantitative estimate of drug-likeness (QED) is 0.925. The third-order valence-electron chi connectivity index (χ3n) is 4.32. The second kappa shape index (κ2) is 5.32. The minimum Gasteiger partial charge on any atom is -0.338 e. The zero-order valence-corrected chi connectivity index (χ0v) is 11.8. The van der Waals surface area contributed by atoms with Gasteiger partial charge in [0.25, 0.3) is 0 Å².